The van der Waals surface area contributed by atoms with E-state index in [9.17, 15) is 5.11 Å². The van der Waals surface area contributed by atoms with Crippen LogP contribution in [0.5, 0.6) is 17.4 Å². The molecule has 160 valence electrons. The maximum absolute atomic E-state index is 10.6. The van der Waals surface area contributed by atoms with Crippen LogP contribution in [0.4, 0.5) is 0 Å². The molecule has 1 aromatic heterocycles. The number of methoxy groups -OCH3 is 3. The van der Waals surface area contributed by atoms with Gasteiger partial charge in [-0.2, -0.15) is 0 Å². The second-order valence-electron chi connectivity index (χ2n) is 7.52. The molecule has 30 heavy (non-hydrogen) atoms. The number of aliphatic hydroxyl groups excluding tert-OH is 1. The van der Waals surface area contributed by atoms with Crippen LogP contribution in [0.2, 0.25) is 0 Å². The summed E-state index contributed by atoms with van der Waals surface area (Å²) in [5.41, 5.74) is 3.65. The predicted octanol–water partition coefficient (Wildman–Crippen LogP) is 2.97. The van der Waals surface area contributed by atoms with Gasteiger partial charge in [0.15, 0.2) is 0 Å². The van der Waals surface area contributed by atoms with Gasteiger partial charge in [0, 0.05) is 30.4 Å². The number of aromatic nitrogens is 1. The Bertz CT molecular complexity index is 945. The zero-order chi connectivity index (χ0) is 21.3. The molecule has 1 aromatic carbocycles. The second-order valence-corrected chi connectivity index (χ2v) is 7.52. The van der Waals surface area contributed by atoms with E-state index in [1.165, 1.54) is 0 Å². The summed E-state index contributed by atoms with van der Waals surface area (Å²) in [4.78, 5) is 9.51. The highest BCUT2D eigenvalue weighted by atomic mass is 16.5. The van der Waals surface area contributed by atoms with Crippen LogP contribution in [-0.4, -0.2) is 62.0 Å². The van der Waals surface area contributed by atoms with E-state index in [1.807, 2.05) is 19.1 Å². The van der Waals surface area contributed by atoms with Crippen LogP contribution in [-0.2, 0) is 4.74 Å². The molecule has 2 aromatic rings. The van der Waals surface area contributed by atoms with Crippen molar-refractivity contribution in [2.75, 3.05) is 27.9 Å². The van der Waals surface area contributed by atoms with Crippen LogP contribution in [0.25, 0.3) is 0 Å². The SMILES string of the molecule is CCOC1[C@H](O)CC[C@H]2N=C(c3cnc(OC)cc3OC)c3cc(OC)ccc3[C@@H]12. The molecule has 1 aliphatic heterocycles. The van der Waals surface area contributed by atoms with Crippen molar-refractivity contribution < 1.29 is 24.1 Å². The molecule has 1 saturated carbocycles. The summed E-state index contributed by atoms with van der Waals surface area (Å²) >= 11 is 0. The highest BCUT2D eigenvalue weighted by molar-refractivity contribution is 6.16. The number of aliphatic imine (C=N–C) groups is 1. The number of nitrogens with zero attached hydrogens (tertiary/aromatic N) is 2. The van der Waals surface area contributed by atoms with Crippen molar-refractivity contribution in [3.8, 4) is 17.4 Å². The number of rotatable bonds is 6. The van der Waals surface area contributed by atoms with Crippen molar-refractivity contribution in [1.29, 1.82) is 0 Å². The first kappa shape index (κ1) is 20.6. The Balaban J connectivity index is 1.89. The van der Waals surface area contributed by atoms with Crippen LogP contribution in [0.3, 0.4) is 0 Å². The van der Waals surface area contributed by atoms with Gasteiger partial charge in [-0.25, -0.2) is 4.98 Å². The molecule has 0 saturated heterocycles. The molecule has 0 bridgehead atoms. The molecule has 2 aliphatic rings. The number of ether oxygens (including phenoxy) is 4. The van der Waals surface area contributed by atoms with Gasteiger partial charge < -0.3 is 24.1 Å². The van der Waals surface area contributed by atoms with Crippen molar-refractivity contribution in [1.82, 2.24) is 4.98 Å². The summed E-state index contributed by atoms with van der Waals surface area (Å²) in [6.45, 7) is 2.50. The average Bonchev–Trinajstić information content (AvgIpc) is 2.79. The van der Waals surface area contributed by atoms with E-state index in [2.05, 4.69) is 11.1 Å². The van der Waals surface area contributed by atoms with Crippen molar-refractivity contribution in [2.45, 2.75) is 43.9 Å². The zero-order valence-electron chi connectivity index (χ0n) is 17.8. The minimum absolute atomic E-state index is 0.00709. The maximum Gasteiger partial charge on any atom is 0.216 e. The number of hydrogen-bond acceptors (Lipinski definition) is 7. The second kappa shape index (κ2) is 8.62. The van der Waals surface area contributed by atoms with Gasteiger partial charge in [-0.15, -0.1) is 0 Å². The first-order valence-electron chi connectivity index (χ1n) is 10.2. The Morgan fingerprint density at radius 1 is 1.03 bits per heavy atom. The first-order chi connectivity index (χ1) is 14.6. The summed E-state index contributed by atoms with van der Waals surface area (Å²) in [5.74, 6) is 1.85. The van der Waals surface area contributed by atoms with E-state index in [0.29, 0.717) is 24.7 Å². The maximum atomic E-state index is 10.6. The number of hydrogen-bond donors (Lipinski definition) is 1. The van der Waals surface area contributed by atoms with Crippen molar-refractivity contribution >= 4 is 5.71 Å². The lowest BCUT2D eigenvalue weighted by molar-refractivity contribution is -0.0714. The van der Waals surface area contributed by atoms with E-state index in [1.54, 1.807) is 33.6 Å². The quantitative estimate of drug-likeness (QED) is 0.786. The molecule has 7 nitrogen and oxygen atoms in total. The fourth-order valence-corrected chi connectivity index (χ4v) is 4.57. The van der Waals surface area contributed by atoms with Gasteiger partial charge in [0.1, 0.15) is 11.5 Å². The summed E-state index contributed by atoms with van der Waals surface area (Å²) in [6.07, 6.45) is 2.39. The topological polar surface area (TPSA) is 82.4 Å². The summed E-state index contributed by atoms with van der Waals surface area (Å²) < 4.78 is 22.4. The van der Waals surface area contributed by atoms with E-state index in [0.717, 1.165) is 34.6 Å². The smallest absolute Gasteiger partial charge is 0.216 e. The standard InChI is InChI=1S/C23H28N2O5/c1-5-30-23-18(26)9-8-17-21(23)14-7-6-13(27-2)10-15(14)22(25-17)16-12-24-20(29-4)11-19(16)28-3/h6-7,10-12,17-18,21,23,26H,5,8-9H2,1-4H3/t17-,18-,21-,23?/m1/s1. The Labute approximate surface area is 176 Å². The summed E-state index contributed by atoms with van der Waals surface area (Å²) in [7, 11) is 4.84. The van der Waals surface area contributed by atoms with E-state index >= 15 is 0 Å². The zero-order valence-corrected chi connectivity index (χ0v) is 17.8. The lowest BCUT2D eigenvalue weighted by Gasteiger charge is -2.42. The molecule has 0 radical (unpaired) electrons. The summed E-state index contributed by atoms with van der Waals surface area (Å²) in [6, 6.07) is 7.77. The van der Waals surface area contributed by atoms with E-state index in [4.69, 9.17) is 23.9 Å². The lowest BCUT2D eigenvalue weighted by Crippen LogP contribution is -2.46. The largest absolute Gasteiger partial charge is 0.497 e. The molecule has 1 aliphatic carbocycles. The van der Waals surface area contributed by atoms with Gasteiger partial charge in [-0.1, -0.05) is 6.07 Å². The van der Waals surface area contributed by atoms with Crippen molar-refractivity contribution in [3.05, 3.63) is 47.2 Å². The molecular weight excluding hydrogens is 384 g/mol. The fourth-order valence-electron chi connectivity index (χ4n) is 4.57. The van der Waals surface area contributed by atoms with Crippen molar-refractivity contribution in [3.63, 3.8) is 0 Å². The Morgan fingerprint density at radius 3 is 2.57 bits per heavy atom. The minimum Gasteiger partial charge on any atom is -0.497 e. The molecule has 1 unspecified atom stereocenters. The Kier molecular flexibility index (Phi) is 5.92. The molecule has 0 amide bonds. The Morgan fingerprint density at radius 2 is 1.87 bits per heavy atom. The lowest BCUT2D eigenvalue weighted by atomic mass is 9.72. The number of fused-ring (bicyclic) bond motifs is 3. The van der Waals surface area contributed by atoms with Crippen LogP contribution in [0, 0.1) is 0 Å². The summed E-state index contributed by atoms with van der Waals surface area (Å²) in [5, 5.41) is 10.6. The highest BCUT2D eigenvalue weighted by Gasteiger charge is 2.44. The fraction of sp³-hybridized carbons (Fsp3) is 0.478. The van der Waals surface area contributed by atoms with Crippen LogP contribution in [0.15, 0.2) is 35.5 Å². The van der Waals surface area contributed by atoms with Crippen LogP contribution in [0.1, 0.15) is 42.4 Å². The number of aliphatic hydroxyl groups is 1. The predicted molar refractivity (Wildman–Crippen MR) is 113 cm³/mol. The third-order valence-corrected chi connectivity index (χ3v) is 5.96. The molecule has 0 spiro atoms. The monoisotopic (exact) mass is 412 g/mol. The van der Waals surface area contributed by atoms with Gasteiger partial charge in [0.05, 0.1) is 50.9 Å². The third-order valence-electron chi connectivity index (χ3n) is 5.96. The van der Waals surface area contributed by atoms with Gasteiger partial charge >= 0.3 is 0 Å². The molecule has 1 fully saturated rings. The van der Waals surface area contributed by atoms with Crippen molar-refractivity contribution in [2.24, 2.45) is 4.99 Å². The third kappa shape index (κ3) is 3.52. The molecular formula is C23H28N2O5. The van der Waals surface area contributed by atoms with Gasteiger partial charge in [0.2, 0.25) is 5.88 Å². The first-order valence-corrected chi connectivity index (χ1v) is 10.2. The van der Waals surface area contributed by atoms with Gasteiger partial charge in [-0.3, -0.25) is 4.99 Å². The molecule has 4 atom stereocenters. The van der Waals surface area contributed by atoms with Gasteiger partial charge in [0.25, 0.3) is 0 Å². The number of benzene rings is 1. The van der Waals surface area contributed by atoms with E-state index in [-0.39, 0.29) is 18.1 Å². The van der Waals surface area contributed by atoms with Crippen LogP contribution >= 0.6 is 0 Å². The molecule has 4 rings (SSSR count). The average molecular weight is 412 g/mol. The number of pyridine rings is 1. The van der Waals surface area contributed by atoms with Crippen LogP contribution < -0.4 is 14.2 Å². The minimum atomic E-state index is -0.505. The van der Waals surface area contributed by atoms with Gasteiger partial charge in [-0.05, 0) is 37.5 Å². The molecule has 1 N–H and O–H groups in total. The normalized spacial score (nSPS) is 25.0. The molecule has 2 heterocycles. The Hall–Kier alpha value is -2.64. The highest BCUT2D eigenvalue weighted by Crippen LogP contribution is 2.44. The molecule has 7 heteroatoms. The van der Waals surface area contributed by atoms with E-state index < -0.39 is 6.10 Å².